The number of ether oxygens (including phenoxy) is 2. The summed E-state index contributed by atoms with van der Waals surface area (Å²) >= 11 is 0. The number of hydrogen-bond acceptors (Lipinski definition) is 4. The standard InChI is InChI=1S/C17H14N2O2/c1-12-7-16(20-10-18)5-3-14(12)9-15-4-6-17(21-11-19)8-13(15)2/h3-8H,9H2,1-2H3. The van der Waals surface area contributed by atoms with Crippen LogP contribution in [0.2, 0.25) is 0 Å². The molecule has 0 aliphatic heterocycles. The molecule has 0 atom stereocenters. The van der Waals surface area contributed by atoms with Crippen LogP contribution in [-0.2, 0) is 6.42 Å². The molecule has 0 aliphatic rings. The van der Waals surface area contributed by atoms with Gasteiger partial charge < -0.3 is 9.47 Å². The van der Waals surface area contributed by atoms with Crippen molar-refractivity contribution in [3.05, 3.63) is 58.7 Å². The van der Waals surface area contributed by atoms with Crippen LogP contribution in [0, 0.1) is 36.9 Å². The fourth-order valence-electron chi connectivity index (χ4n) is 2.17. The minimum Gasteiger partial charge on any atom is -0.388 e. The Morgan fingerprint density at radius 2 is 1.24 bits per heavy atom. The summed E-state index contributed by atoms with van der Waals surface area (Å²) in [7, 11) is 0. The zero-order valence-electron chi connectivity index (χ0n) is 11.9. The summed E-state index contributed by atoms with van der Waals surface area (Å²) in [4.78, 5) is 0. The van der Waals surface area contributed by atoms with Gasteiger partial charge in [-0.05, 0) is 66.8 Å². The largest absolute Gasteiger partial charge is 0.388 e. The molecule has 0 saturated heterocycles. The molecule has 0 aromatic heterocycles. The SMILES string of the molecule is Cc1cc(OC#N)ccc1Cc1ccc(OC#N)cc1C. The van der Waals surface area contributed by atoms with Crippen LogP contribution in [0.3, 0.4) is 0 Å². The summed E-state index contributed by atoms with van der Waals surface area (Å²) in [6.07, 6.45) is 4.11. The normalized spacial score (nSPS) is 9.52. The Kier molecular flexibility index (Phi) is 4.43. The van der Waals surface area contributed by atoms with Gasteiger partial charge >= 0.3 is 0 Å². The van der Waals surface area contributed by atoms with E-state index in [2.05, 4.69) is 0 Å². The molecule has 0 aliphatic carbocycles. The maximum Gasteiger partial charge on any atom is 0.292 e. The van der Waals surface area contributed by atoms with E-state index in [1.54, 1.807) is 24.6 Å². The third kappa shape index (κ3) is 3.52. The Morgan fingerprint density at radius 3 is 1.57 bits per heavy atom. The average molecular weight is 278 g/mol. The molecule has 104 valence electrons. The van der Waals surface area contributed by atoms with Crippen LogP contribution in [0.25, 0.3) is 0 Å². The molecule has 0 amide bonds. The molecule has 4 nitrogen and oxygen atoms in total. The highest BCUT2D eigenvalue weighted by Gasteiger charge is 2.06. The number of nitriles is 2. The van der Waals surface area contributed by atoms with Crippen LogP contribution in [0.1, 0.15) is 22.3 Å². The summed E-state index contributed by atoms with van der Waals surface area (Å²) < 4.78 is 9.63. The number of nitrogens with zero attached hydrogens (tertiary/aromatic N) is 2. The first kappa shape index (κ1) is 14.4. The van der Waals surface area contributed by atoms with Crippen molar-refractivity contribution in [2.75, 3.05) is 0 Å². The molecular weight excluding hydrogens is 264 g/mol. The van der Waals surface area contributed by atoms with Gasteiger partial charge in [0.2, 0.25) is 0 Å². The van der Waals surface area contributed by atoms with Crippen LogP contribution in [0.5, 0.6) is 11.5 Å². The highest BCUT2D eigenvalue weighted by atomic mass is 16.5. The Bertz CT molecular complexity index is 676. The van der Waals surface area contributed by atoms with Crippen LogP contribution in [-0.4, -0.2) is 0 Å². The van der Waals surface area contributed by atoms with Crippen LogP contribution < -0.4 is 9.47 Å². The first-order chi connectivity index (χ1) is 10.1. The highest BCUT2D eigenvalue weighted by molar-refractivity contribution is 5.42. The van der Waals surface area contributed by atoms with Crippen molar-refractivity contribution in [3.63, 3.8) is 0 Å². The highest BCUT2D eigenvalue weighted by Crippen LogP contribution is 2.23. The van der Waals surface area contributed by atoms with Crippen LogP contribution in [0.4, 0.5) is 0 Å². The summed E-state index contributed by atoms with van der Waals surface area (Å²) in [5.74, 6) is 1.10. The van der Waals surface area contributed by atoms with Crippen LogP contribution in [0.15, 0.2) is 36.4 Å². The third-order valence-electron chi connectivity index (χ3n) is 3.34. The summed E-state index contributed by atoms with van der Waals surface area (Å²) in [5.41, 5.74) is 4.47. The zero-order chi connectivity index (χ0) is 15.2. The van der Waals surface area contributed by atoms with Gasteiger partial charge in [-0.1, -0.05) is 12.1 Å². The molecule has 21 heavy (non-hydrogen) atoms. The van der Waals surface area contributed by atoms with Crippen molar-refractivity contribution in [2.24, 2.45) is 0 Å². The van der Waals surface area contributed by atoms with E-state index in [1.165, 1.54) is 0 Å². The van der Waals surface area contributed by atoms with Gasteiger partial charge in [-0.15, -0.1) is 10.5 Å². The molecule has 0 bridgehead atoms. The second-order valence-corrected chi connectivity index (χ2v) is 4.74. The molecular formula is C17H14N2O2. The van der Waals surface area contributed by atoms with Gasteiger partial charge in [0.05, 0.1) is 0 Å². The van der Waals surface area contributed by atoms with Crippen molar-refractivity contribution in [1.29, 1.82) is 10.5 Å². The monoisotopic (exact) mass is 278 g/mol. The van der Waals surface area contributed by atoms with Gasteiger partial charge in [0.15, 0.2) is 0 Å². The molecule has 0 N–H and O–H groups in total. The predicted molar refractivity (Wildman–Crippen MR) is 77.6 cm³/mol. The second-order valence-electron chi connectivity index (χ2n) is 4.74. The molecule has 0 fully saturated rings. The van der Waals surface area contributed by atoms with E-state index in [9.17, 15) is 0 Å². The fraction of sp³-hybridized carbons (Fsp3) is 0.176. The second kappa shape index (κ2) is 6.45. The lowest BCUT2D eigenvalue weighted by Gasteiger charge is -2.10. The van der Waals surface area contributed by atoms with Crippen molar-refractivity contribution in [3.8, 4) is 24.0 Å². The number of aryl methyl sites for hydroxylation is 2. The molecule has 2 aromatic carbocycles. The van der Waals surface area contributed by atoms with E-state index in [1.807, 2.05) is 38.1 Å². The molecule has 0 radical (unpaired) electrons. The smallest absolute Gasteiger partial charge is 0.292 e. The van der Waals surface area contributed by atoms with E-state index in [4.69, 9.17) is 20.0 Å². The Labute approximate surface area is 123 Å². The van der Waals surface area contributed by atoms with E-state index < -0.39 is 0 Å². The molecule has 2 rings (SSSR count). The molecule has 0 spiro atoms. The van der Waals surface area contributed by atoms with Crippen molar-refractivity contribution < 1.29 is 9.47 Å². The maximum absolute atomic E-state index is 8.51. The third-order valence-corrected chi connectivity index (χ3v) is 3.34. The average Bonchev–Trinajstić information content (AvgIpc) is 2.45. The van der Waals surface area contributed by atoms with Gasteiger partial charge in [-0.2, -0.15) is 0 Å². The molecule has 4 heteroatoms. The van der Waals surface area contributed by atoms with Crippen LogP contribution >= 0.6 is 0 Å². The van der Waals surface area contributed by atoms with Gasteiger partial charge in [-0.25, -0.2) is 0 Å². The van der Waals surface area contributed by atoms with E-state index in [-0.39, 0.29) is 0 Å². The first-order valence-electron chi connectivity index (χ1n) is 6.45. The van der Waals surface area contributed by atoms with Gasteiger partial charge in [-0.3, -0.25) is 0 Å². The Morgan fingerprint density at radius 1 is 0.810 bits per heavy atom. The van der Waals surface area contributed by atoms with E-state index >= 15 is 0 Å². The lowest BCUT2D eigenvalue weighted by Crippen LogP contribution is -1.96. The molecule has 0 unspecified atom stereocenters. The summed E-state index contributed by atoms with van der Waals surface area (Å²) in [5, 5.41) is 17.0. The minimum atomic E-state index is 0.549. The molecule has 0 saturated carbocycles. The Hall–Kier alpha value is -2.98. The van der Waals surface area contributed by atoms with Crippen molar-refractivity contribution >= 4 is 0 Å². The number of hydrogen-bond donors (Lipinski definition) is 0. The Balaban J connectivity index is 2.23. The lowest BCUT2D eigenvalue weighted by atomic mass is 9.97. The predicted octanol–water partition coefficient (Wildman–Crippen LogP) is 3.61. The van der Waals surface area contributed by atoms with E-state index in [0.717, 1.165) is 28.7 Å². The summed E-state index contributed by atoms with van der Waals surface area (Å²) in [6.45, 7) is 3.98. The zero-order valence-corrected chi connectivity index (χ0v) is 11.9. The maximum atomic E-state index is 8.51. The number of benzene rings is 2. The van der Waals surface area contributed by atoms with Gasteiger partial charge in [0, 0.05) is 0 Å². The first-order valence-corrected chi connectivity index (χ1v) is 6.45. The lowest BCUT2D eigenvalue weighted by molar-refractivity contribution is 0.506. The molecule has 0 heterocycles. The topological polar surface area (TPSA) is 66.0 Å². The minimum absolute atomic E-state index is 0.549. The van der Waals surface area contributed by atoms with E-state index in [0.29, 0.717) is 11.5 Å². The van der Waals surface area contributed by atoms with Crippen molar-refractivity contribution in [1.82, 2.24) is 0 Å². The fourth-order valence-corrected chi connectivity index (χ4v) is 2.17. The van der Waals surface area contributed by atoms with Gasteiger partial charge in [0.1, 0.15) is 11.5 Å². The van der Waals surface area contributed by atoms with Crippen molar-refractivity contribution in [2.45, 2.75) is 20.3 Å². The quantitative estimate of drug-likeness (QED) is 0.801. The number of rotatable bonds is 4. The van der Waals surface area contributed by atoms with Gasteiger partial charge in [0.25, 0.3) is 12.5 Å². The summed E-state index contributed by atoms with van der Waals surface area (Å²) in [6, 6.07) is 11.2. The molecule has 2 aromatic rings.